The molecule has 6 aromatic heterocycles. The molecule has 4 saturated heterocycles. The number of aromatic amines is 2. The average molecular weight is 1070 g/mol. The van der Waals surface area contributed by atoms with Gasteiger partial charge in [-0.1, -0.05) is 29.8 Å². The minimum atomic E-state index is -0.0560. The van der Waals surface area contributed by atoms with E-state index in [2.05, 4.69) is 90.6 Å². The second kappa shape index (κ2) is 20.8. The number of nitrogens with zero attached hydrogens (tertiary/aromatic N) is 15. The maximum Gasteiger partial charge on any atom is 0.246 e. The van der Waals surface area contributed by atoms with Crippen molar-refractivity contribution < 1.29 is 14.3 Å². The molecule has 2 N–H and O–H groups in total. The third-order valence-corrected chi connectivity index (χ3v) is 15.9. The predicted octanol–water partition coefficient (Wildman–Crippen LogP) is 8.25. The van der Waals surface area contributed by atoms with Crippen molar-refractivity contribution in [2.24, 2.45) is 0 Å². The van der Waals surface area contributed by atoms with Crippen LogP contribution < -0.4 is 29.1 Å². The molecule has 4 fully saturated rings. The number of piperidine rings is 1. The van der Waals surface area contributed by atoms with E-state index in [1.54, 1.807) is 12.4 Å². The summed E-state index contributed by atoms with van der Waals surface area (Å²) in [4.78, 5) is 57.2. The van der Waals surface area contributed by atoms with Gasteiger partial charge >= 0.3 is 0 Å². The molecular weight excluding hydrogens is 1010 g/mol. The Morgan fingerprint density at radius 2 is 1.03 bits per heavy atom. The molecule has 396 valence electrons. The lowest BCUT2D eigenvalue weighted by Crippen LogP contribution is -2.58. The largest absolute Gasteiger partial charge is 0.435 e. The van der Waals surface area contributed by atoms with Gasteiger partial charge in [-0.2, -0.15) is 20.2 Å². The van der Waals surface area contributed by atoms with Gasteiger partial charge in [0, 0.05) is 88.9 Å². The van der Waals surface area contributed by atoms with Crippen molar-refractivity contribution >= 4 is 96.3 Å². The van der Waals surface area contributed by atoms with Crippen LogP contribution in [0.15, 0.2) is 49.3 Å². The standard InChI is InChI=1S/C28H32ClN9O2.C26H31ClN8O/c1-6-22(39)36-7-9-37(10-8-36)26-19-12-17(3)31-27(24(19)32-28(33-26)38-14-18(15-38)35(4)5)40-25-20-13-30-34-21(20)11-16(2)23(25)29;1-15-10-20-19(12-28-32-20)23(21(15)27)36-25-22-18(11-16(2)29-25)24(34-8-6-5-7-9-34)31-26(30-22)35-13-17(14-35)33(3)4/h6,11-13,18H,1,7-10,14-15H2,2-5H3,(H,30,34);10-12,17H,5-9,13-14H2,1-4H3,(H,28,32). The zero-order valence-corrected chi connectivity index (χ0v) is 45.8. The molecule has 12 rings (SSSR count). The third kappa shape index (κ3) is 9.71. The third-order valence-electron chi connectivity index (χ3n) is 15.0. The van der Waals surface area contributed by atoms with Crippen molar-refractivity contribution in [2.45, 2.75) is 59.0 Å². The van der Waals surface area contributed by atoms with Gasteiger partial charge in [-0.05, 0) is 117 Å². The molecule has 4 aliphatic heterocycles. The Hall–Kier alpha value is -7.13. The molecule has 2 aromatic carbocycles. The molecule has 20 nitrogen and oxygen atoms in total. The van der Waals surface area contributed by atoms with Crippen LogP contribution in [0, 0.1) is 27.7 Å². The normalized spacial score (nSPS) is 16.5. The van der Waals surface area contributed by atoms with Crippen molar-refractivity contribution in [3.63, 3.8) is 0 Å². The van der Waals surface area contributed by atoms with Gasteiger partial charge in [0.05, 0.1) is 55.0 Å². The zero-order chi connectivity index (χ0) is 53.1. The summed E-state index contributed by atoms with van der Waals surface area (Å²) in [5, 5.41) is 18.8. The summed E-state index contributed by atoms with van der Waals surface area (Å²) in [6.45, 7) is 19.3. The van der Waals surface area contributed by atoms with E-state index in [1.807, 2.05) is 50.8 Å². The fourth-order valence-electron chi connectivity index (χ4n) is 10.3. The van der Waals surface area contributed by atoms with Crippen molar-refractivity contribution in [3.8, 4) is 23.3 Å². The van der Waals surface area contributed by atoms with E-state index in [4.69, 9.17) is 62.6 Å². The molecule has 0 aliphatic carbocycles. The van der Waals surface area contributed by atoms with Crippen molar-refractivity contribution in [1.29, 1.82) is 0 Å². The number of hydrogen-bond donors (Lipinski definition) is 2. The van der Waals surface area contributed by atoms with Gasteiger partial charge < -0.3 is 43.8 Å². The number of amides is 1. The molecule has 0 saturated carbocycles. The maximum absolute atomic E-state index is 12.2. The first-order valence-electron chi connectivity index (χ1n) is 25.8. The second-order valence-corrected chi connectivity index (χ2v) is 21.5. The molecule has 4 aliphatic rings. The highest BCUT2D eigenvalue weighted by Gasteiger charge is 2.34. The summed E-state index contributed by atoms with van der Waals surface area (Å²) in [5.41, 5.74) is 6.38. The first-order valence-corrected chi connectivity index (χ1v) is 26.6. The van der Waals surface area contributed by atoms with Gasteiger partial charge in [-0.25, -0.2) is 19.9 Å². The van der Waals surface area contributed by atoms with Gasteiger partial charge in [0.1, 0.15) is 22.7 Å². The molecular formula is C54H63Cl2N17O3. The van der Waals surface area contributed by atoms with Crippen LogP contribution in [0.5, 0.6) is 23.3 Å². The monoisotopic (exact) mass is 1070 g/mol. The fourth-order valence-corrected chi connectivity index (χ4v) is 10.7. The molecule has 76 heavy (non-hydrogen) atoms. The highest BCUT2D eigenvalue weighted by molar-refractivity contribution is 6.34. The van der Waals surface area contributed by atoms with Crippen LogP contribution >= 0.6 is 23.2 Å². The number of halogens is 2. The topological polar surface area (TPSA) is 193 Å². The number of ether oxygens (including phenoxy) is 2. The lowest BCUT2D eigenvalue weighted by Gasteiger charge is -2.43. The number of piperazine rings is 1. The molecule has 0 bridgehead atoms. The van der Waals surface area contributed by atoms with Crippen LogP contribution in [0.1, 0.15) is 41.8 Å². The van der Waals surface area contributed by atoms with Gasteiger partial charge in [0.2, 0.25) is 29.6 Å². The lowest BCUT2D eigenvalue weighted by atomic mass is 10.1. The first-order chi connectivity index (χ1) is 36.6. The Bertz CT molecular complexity index is 3520. The number of nitrogens with one attached hydrogen (secondary N) is 2. The number of carbonyl (C=O) groups is 1. The molecule has 22 heteroatoms. The SMILES string of the molecule is C=CC(=O)N1CCN(c2nc(N3CC(N(C)C)C3)nc3c(Oc4c(Cl)c(C)cc5[nH]ncc45)nc(C)cc23)CC1.Cc1cc2c(N3CCCCC3)nc(N3CC(N(C)C)C3)nc2c(Oc2c(Cl)c(C)cc3[nH]ncc23)n1. The van der Waals surface area contributed by atoms with E-state index < -0.39 is 0 Å². The number of aromatic nitrogens is 10. The fraction of sp³-hybridized carbons (Fsp3) is 0.426. The van der Waals surface area contributed by atoms with Crippen LogP contribution in [0.3, 0.4) is 0 Å². The molecule has 0 radical (unpaired) electrons. The number of anilines is 4. The van der Waals surface area contributed by atoms with E-state index in [9.17, 15) is 4.79 Å². The number of likely N-dealkylation sites (N-methyl/N-ethyl adjacent to an activating group) is 2. The number of H-pyrrole nitrogens is 2. The van der Waals surface area contributed by atoms with Crippen LogP contribution in [0.25, 0.3) is 43.6 Å². The van der Waals surface area contributed by atoms with Crippen LogP contribution in [0.2, 0.25) is 10.0 Å². The maximum atomic E-state index is 12.2. The van der Waals surface area contributed by atoms with E-state index in [1.165, 1.54) is 12.5 Å². The highest BCUT2D eigenvalue weighted by Crippen LogP contribution is 2.44. The van der Waals surface area contributed by atoms with Crippen molar-refractivity contribution in [1.82, 2.24) is 65.0 Å². The number of benzene rings is 2. The zero-order valence-electron chi connectivity index (χ0n) is 44.3. The number of carbonyl (C=O) groups excluding carboxylic acids is 1. The molecule has 0 spiro atoms. The Morgan fingerprint density at radius 1 is 0.592 bits per heavy atom. The van der Waals surface area contributed by atoms with E-state index >= 15 is 0 Å². The Kier molecular flexibility index (Phi) is 13.9. The lowest BCUT2D eigenvalue weighted by molar-refractivity contribution is -0.126. The molecule has 0 unspecified atom stereocenters. The smallest absolute Gasteiger partial charge is 0.246 e. The van der Waals surface area contributed by atoms with Crippen molar-refractivity contribution in [2.75, 3.05) is 113 Å². The number of rotatable bonds is 11. The van der Waals surface area contributed by atoms with E-state index in [0.717, 1.165) is 125 Å². The number of aryl methyl sites for hydroxylation is 4. The summed E-state index contributed by atoms with van der Waals surface area (Å²) < 4.78 is 13.0. The van der Waals surface area contributed by atoms with E-state index in [-0.39, 0.29) is 5.91 Å². The Labute approximate surface area is 451 Å². The van der Waals surface area contributed by atoms with E-state index in [0.29, 0.717) is 88.5 Å². The van der Waals surface area contributed by atoms with Crippen LogP contribution in [0.4, 0.5) is 23.5 Å². The first kappa shape index (κ1) is 51.0. The number of fused-ring (bicyclic) bond motifs is 4. The summed E-state index contributed by atoms with van der Waals surface area (Å²) in [6, 6.07) is 8.91. The van der Waals surface area contributed by atoms with Gasteiger partial charge in [0.25, 0.3) is 0 Å². The average Bonchev–Trinajstić information content (AvgIpc) is 4.11. The van der Waals surface area contributed by atoms with Gasteiger partial charge in [-0.3, -0.25) is 15.0 Å². The molecule has 10 heterocycles. The van der Waals surface area contributed by atoms with Gasteiger partial charge in [-0.15, -0.1) is 0 Å². The molecule has 8 aromatic rings. The second-order valence-electron chi connectivity index (χ2n) is 20.8. The summed E-state index contributed by atoms with van der Waals surface area (Å²) in [6.07, 6.45) is 8.38. The summed E-state index contributed by atoms with van der Waals surface area (Å²) in [7, 11) is 8.39. The molecule has 1 amide bonds. The van der Waals surface area contributed by atoms with Crippen LogP contribution in [-0.2, 0) is 4.79 Å². The van der Waals surface area contributed by atoms with Crippen molar-refractivity contribution in [3.05, 3.63) is 81.9 Å². The minimum Gasteiger partial charge on any atom is -0.435 e. The number of hydrogen-bond acceptors (Lipinski definition) is 17. The van der Waals surface area contributed by atoms with Crippen LogP contribution in [-0.4, -0.2) is 177 Å². The Balaban J connectivity index is 0.000000163. The summed E-state index contributed by atoms with van der Waals surface area (Å²) >= 11 is 13.5. The molecule has 0 atom stereocenters. The number of pyridine rings is 2. The predicted molar refractivity (Wildman–Crippen MR) is 300 cm³/mol. The Morgan fingerprint density at radius 3 is 1.45 bits per heavy atom. The van der Waals surface area contributed by atoms with Gasteiger partial charge in [0.15, 0.2) is 11.5 Å². The summed E-state index contributed by atoms with van der Waals surface area (Å²) in [5.74, 6) is 4.88. The minimum absolute atomic E-state index is 0.0560. The highest BCUT2D eigenvalue weighted by atomic mass is 35.5. The quantitative estimate of drug-likeness (QED) is 0.118.